The number of carbonyl (C=O) groups is 1. The summed E-state index contributed by atoms with van der Waals surface area (Å²) in [5.74, 6) is -0.573. The van der Waals surface area contributed by atoms with Crippen LogP contribution < -0.4 is 16.3 Å². The van der Waals surface area contributed by atoms with Crippen LogP contribution in [0.4, 0.5) is 4.39 Å². The Bertz CT molecular complexity index is 840. The van der Waals surface area contributed by atoms with Crippen molar-refractivity contribution >= 4 is 14.1 Å². The second-order valence-corrected chi connectivity index (χ2v) is 7.80. The molecule has 2 rings (SSSR count). The highest BCUT2D eigenvalue weighted by Crippen LogP contribution is 2.32. The molecule has 0 radical (unpaired) electrons. The molecule has 1 aromatic heterocycles. The van der Waals surface area contributed by atoms with Gasteiger partial charge in [-0.1, -0.05) is 5.09 Å². The van der Waals surface area contributed by atoms with Crippen molar-refractivity contribution in [3.05, 3.63) is 32.6 Å². The topological polar surface area (TPSA) is 129 Å². The SMILES string of the molecule is Cc1cn([C@H]2O[C@@H](CO[P+](=O)N[C@@H](C)C(=O)OC(C)C)C[C@H]2F)c(=O)[nH]c1=O. The molecule has 0 saturated carbocycles. The first-order chi connectivity index (χ1) is 13.1. The molecule has 1 aliphatic rings. The average molecular weight is 420 g/mol. The Balaban J connectivity index is 1.89. The van der Waals surface area contributed by atoms with Crippen molar-refractivity contribution < 1.29 is 27.7 Å². The first-order valence-electron chi connectivity index (χ1n) is 8.77. The predicted molar refractivity (Wildman–Crippen MR) is 96.9 cm³/mol. The fourth-order valence-electron chi connectivity index (χ4n) is 2.56. The number of hydrogen-bond donors (Lipinski definition) is 2. The van der Waals surface area contributed by atoms with Gasteiger partial charge in [0.25, 0.3) is 5.56 Å². The minimum atomic E-state index is -2.41. The van der Waals surface area contributed by atoms with Gasteiger partial charge in [0.2, 0.25) is 0 Å². The number of aromatic nitrogens is 2. The molecule has 0 bridgehead atoms. The number of alkyl halides is 1. The molecule has 1 unspecified atom stereocenters. The van der Waals surface area contributed by atoms with Crippen LogP contribution in [0.1, 0.15) is 39.0 Å². The van der Waals surface area contributed by atoms with Gasteiger partial charge in [-0.2, -0.15) is 0 Å². The summed E-state index contributed by atoms with van der Waals surface area (Å²) in [4.78, 5) is 37.1. The fraction of sp³-hybridized carbons (Fsp3) is 0.688. The molecule has 1 aromatic rings. The first kappa shape index (κ1) is 22.4. The largest absolute Gasteiger partial charge is 0.613 e. The van der Waals surface area contributed by atoms with Crippen molar-refractivity contribution in [2.24, 2.45) is 0 Å². The van der Waals surface area contributed by atoms with Gasteiger partial charge in [0, 0.05) is 18.2 Å². The molecule has 28 heavy (non-hydrogen) atoms. The lowest BCUT2D eigenvalue weighted by Gasteiger charge is -2.16. The highest BCUT2D eigenvalue weighted by Gasteiger charge is 2.39. The number of H-pyrrole nitrogens is 1. The van der Waals surface area contributed by atoms with Gasteiger partial charge in [0.15, 0.2) is 6.23 Å². The Labute approximate surface area is 161 Å². The minimum absolute atomic E-state index is 0.0800. The quantitative estimate of drug-likeness (QED) is 0.472. The van der Waals surface area contributed by atoms with E-state index in [1.54, 1.807) is 13.8 Å². The number of esters is 1. The van der Waals surface area contributed by atoms with Crippen LogP contribution in [0.3, 0.4) is 0 Å². The van der Waals surface area contributed by atoms with E-state index in [4.69, 9.17) is 14.0 Å². The van der Waals surface area contributed by atoms with Gasteiger partial charge in [-0.3, -0.25) is 19.1 Å². The molecular formula is C16H24FN3O7P+. The number of hydrogen-bond acceptors (Lipinski definition) is 7. The number of ether oxygens (including phenoxy) is 2. The Morgan fingerprint density at radius 2 is 2.14 bits per heavy atom. The number of nitrogens with zero attached hydrogens (tertiary/aromatic N) is 1. The van der Waals surface area contributed by atoms with E-state index >= 15 is 0 Å². The number of aromatic amines is 1. The smallest absolute Gasteiger partial charge is 0.462 e. The Hall–Kier alpha value is -1.94. The van der Waals surface area contributed by atoms with Crippen LogP contribution in [0.5, 0.6) is 0 Å². The normalized spacial score (nSPS) is 23.6. The second kappa shape index (κ2) is 9.51. The van der Waals surface area contributed by atoms with E-state index in [2.05, 4.69) is 10.1 Å². The van der Waals surface area contributed by atoms with Crippen LogP contribution in [-0.4, -0.2) is 46.5 Å². The average Bonchev–Trinajstić information content (AvgIpc) is 2.96. The van der Waals surface area contributed by atoms with Crippen LogP contribution >= 0.6 is 8.18 Å². The third-order valence-corrected chi connectivity index (χ3v) is 4.91. The van der Waals surface area contributed by atoms with Crippen molar-refractivity contribution in [3.8, 4) is 0 Å². The number of nitrogens with one attached hydrogen (secondary N) is 2. The Morgan fingerprint density at radius 3 is 2.79 bits per heavy atom. The summed E-state index contributed by atoms with van der Waals surface area (Å²) >= 11 is 0. The van der Waals surface area contributed by atoms with Crippen molar-refractivity contribution in [1.82, 2.24) is 14.6 Å². The molecule has 156 valence electrons. The van der Waals surface area contributed by atoms with E-state index in [9.17, 15) is 23.3 Å². The van der Waals surface area contributed by atoms with E-state index in [-0.39, 0.29) is 24.7 Å². The number of rotatable bonds is 8. The third-order valence-electron chi connectivity index (χ3n) is 3.93. The molecule has 0 aliphatic carbocycles. The second-order valence-electron chi connectivity index (χ2n) is 6.77. The molecule has 2 N–H and O–H groups in total. The van der Waals surface area contributed by atoms with Crippen LogP contribution in [0, 0.1) is 6.92 Å². The number of aryl methyl sites for hydroxylation is 1. The maximum Gasteiger partial charge on any atom is 0.613 e. The molecular weight excluding hydrogens is 396 g/mol. The Kier molecular flexibility index (Phi) is 7.59. The van der Waals surface area contributed by atoms with Gasteiger partial charge in [-0.15, -0.1) is 4.52 Å². The fourth-order valence-corrected chi connectivity index (χ4v) is 3.36. The maximum absolute atomic E-state index is 14.3. The van der Waals surface area contributed by atoms with Crippen LogP contribution in [0.15, 0.2) is 15.8 Å². The van der Waals surface area contributed by atoms with Crippen LogP contribution in [0.25, 0.3) is 0 Å². The van der Waals surface area contributed by atoms with Gasteiger partial charge < -0.3 is 9.47 Å². The van der Waals surface area contributed by atoms with Crippen molar-refractivity contribution in [3.63, 3.8) is 0 Å². The summed E-state index contributed by atoms with van der Waals surface area (Å²) in [5.41, 5.74) is -1.09. The molecule has 0 aromatic carbocycles. The van der Waals surface area contributed by atoms with Gasteiger partial charge in [-0.05, 0) is 32.3 Å². The van der Waals surface area contributed by atoms with E-state index < -0.39 is 49.9 Å². The summed E-state index contributed by atoms with van der Waals surface area (Å²) in [7, 11) is -2.41. The summed E-state index contributed by atoms with van der Waals surface area (Å²) in [5, 5.41) is 2.45. The van der Waals surface area contributed by atoms with E-state index in [1.165, 1.54) is 20.0 Å². The molecule has 12 heteroatoms. The van der Waals surface area contributed by atoms with E-state index in [1.807, 2.05) is 0 Å². The molecule has 1 aliphatic heterocycles. The summed E-state index contributed by atoms with van der Waals surface area (Å²) in [6.45, 7) is 6.14. The summed E-state index contributed by atoms with van der Waals surface area (Å²) in [6, 6.07) is -0.847. The molecule has 0 amide bonds. The van der Waals surface area contributed by atoms with Crippen LogP contribution in [0.2, 0.25) is 0 Å². The van der Waals surface area contributed by atoms with E-state index in [0.29, 0.717) is 0 Å². The predicted octanol–water partition coefficient (Wildman–Crippen LogP) is 1.07. The van der Waals surface area contributed by atoms with Crippen molar-refractivity contribution in [2.45, 2.75) is 64.8 Å². The highest BCUT2D eigenvalue weighted by molar-refractivity contribution is 7.36. The van der Waals surface area contributed by atoms with Crippen molar-refractivity contribution in [2.75, 3.05) is 6.61 Å². The summed E-state index contributed by atoms with van der Waals surface area (Å²) < 4.78 is 42.8. The van der Waals surface area contributed by atoms with Gasteiger partial charge in [0.1, 0.15) is 18.8 Å². The monoisotopic (exact) mass is 420 g/mol. The molecule has 5 atom stereocenters. The number of halogens is 1. The lowest BCUT2D eigenvalue weighted by Crippen LogP contribution is -2.35. The standard InChI is InChI=1S/C16H23FN3O7P/c1-8(2)26-15(22)10(4)19-28(24)25-7-11-5-12(17)14(27-11)20-6-9(3)13(21)18-16(20)23/h6,8,10-12,14H,5,7H2,1-4H3,(H-,18,19,21,23,24)/p+1/t10-,11+,12+,14-/m0/s1. The highest BCUT2D eigenvalue weighted by atomic mass is 31.1. The molecule has 0 spiro atoms. The van der Waals surface area contributed by atoms with Gasteiger partial charge in [-0.25, -0.2) is 9.18 Å². The third kappa shape index (κ3) is 5.78. The van der Waals surface area contributed by atoms with Crippen molar-refractivity contribution in [1.29, 1.82) is 0 Å². The zero-order valence-electron chi connectivity index (χ0n) is 16.0. The van der Waals surface area contributed by atoms with E-state index in [0.717, 1.165) is 4.57 Å². The lowest BCUT2D eigenvalue weighted by atomic mass is 10.2. The first-order valence-corrected chi connectivity index (χ1v) is 9.94. The molecule has 2 heterocycles. The van der Waals surface area contributed by atoms with Gasteiger partial charge in [0.05, 0.1) is 12.2 Å². The zero-order chi connectivity index (χ0) is 21.0. The Morgan fingerprint density at radius 1 is 1.46 bits per heavy atom. The maximum atomic E-state index is 14.3. The van der Waals surface area contributed by atoms with Crippen LogP contribution in [-0.2, 0) is 23.4 Å². The number of carbonyl (C=O) groups excluding carboxylic acids is 1. The molecule has 1 saturated heterocycles. The summed E-state index contributed by atoms with van der Waals surface area (Å²) in [6.07, 6.45) is -2.64. The molecule has 10 nitrogen and oxygen atoms in total. The van der Waals surface area contributed by atoms with Gasteiger partial charge >= 0.3 is 19.8 Å². The minimum Gasteiger partial charge on any atom is -0.462 e. The molecule has 1 fully saturated rings. The zero-order valence-corrected chi connectivity index (χ0v) is 16.9. The lowest BCUT2D eigenvalue weighted by molar-refractivity contribution is -0.149.